The molecule has 0 saturated carbocycles. The summed E-state index contributed by atoms with van der Waals surface area (Å²) in [6, 6.07) is 0.708. The minimum absolute atomic E-state index is 0.708. The molecule has 0 aliphatic carbocycles. The van der Waals surface area contributed by atoms with Crippen molar-refractivity contribution in [3.63, 3.8) is 0 Å². The largest absolute Gasteiger partial charge is 0.358 e. The highest BCUT2D eigenvalue weighted by Gasteiger charge is 2.24. The number of hydrogen-bond acceptors (Lipinski definition) is 4. The van der Waals surface area contributed by atoms with Crippen molar-refractivity contribution >= 4 is 5.82 Å². The van der Waals surface area contributed by atoms with Gasteiger partial charge in [0.15, 0.2) is 0 Å². The Labute approximate surface area is 139 Å². The molecule has 126 valence electrons. The quantitative estimate of drug-likeness (QED) is 0.901. The third kappa shape index (κ3) is 3.67. The van der Waals surface area contributed by atoms with Crippen LogP contribution in [0.25, 0.3) is 5.82 Å². The number of nitrogens with one attached hydrogen (secondary N) is 1. The Hall–Kier alpha value is -1.59. The van der Waals surface area contributed by atoms with Crippen molar-refractivity contribution in [1.82, 2.24) is 24.7 Å². The molecule has 2 aliphatic rings. The van der Waals surface area contributed by atoms with E-state index in [0.717, 1.165) is 44.1 Å². The van der Waals surface area contributed by atoms with Crippen LogP contribution in [0.5, 0.6) is 0 Å². The molecule has 1 aromatic rings. The molecule has 3 rings (SSSR count). The van der Waals surface area contributed by atoms with E-state index in [0.29, 0.717) is 6.04 Å². The van der Waals surface area contributed by atoms with Crippen LogP contribution < -0.4 is 5.32 Å². The fraction of sp³-hybridized carbons (Fsp3) is 0.611. The highest BCUT2D eigenvalue weighted by atomic mass is 15.3. The van der Waals surface area contributed by atoms with Gasteiger partial charge in [-0.05, 0) is 39.6 Å². The summed E-state index contributed by atoms with van der Waals surface area (Å²) in [4.78, 5) is 9.68. The third-order valence-corrected chi connectivity index (χ3v) is 4.83. The highest BCUT2D eigenvalue weighted by Crippen LogP contribution is 2.24. The second-order valence-electron chi connectivity index (χ2n) is 6.64. The maximum Gasteiger partial charge on any atom is 0.118 e. The van der Waals surface area contributed by atoms with E-state index < -0.39 is 0 Å². The molecule has 0 amide bonds. The molecule has 1 aromatic heterocycles. The van der Waals surface area contributed by atoms with Crippen LogP contribution in [-0.4, -0.2) is 59.1 Å². The Morgan fingerprint density at radius 3 is 2.78 bits per heavy atom. The van der Waals surface area contributed by atoms with E-state index in [4.69, 9.17) is 4.98 Å². The number of nitrogens with zero attached hydrogens (tertiary/aromatic N) is 4. The van der Waals surface area contributed by atoms with E-state index in [-0.39, 0.29) is 0 Å². The predicted molar refractivity (Wildman–Crippen MR) is 95.0 cm³/mol. The topological polar surface area (TPSA) is 36.3 Å². The predicted octanol–water partition coefficient (Wildman–Crippen LogP) is 1.93. The molecule has 1 saturated heterocycles. The Morgan fingerprint density at radius 1 is 1.30 bits per heavy atom. The molecule has 5 heteroatoms. The summed E-state index contributed by atoms with van der Waals surface area (Å²) in [5.41, 5.74) is 1.13. The summed E-state index contributed by atoms with van der Waals surface area (Å²) in [6.07, 6.45) is 12.2. The summed E-state index contributed by atoms with van der Waals surface area (Å²) in [5, 5.41) is 3.37. The number of hydrogen-bond donors (Lipinski definition) is 1. The molecule has 0 unspecified atom stereocenters. The highest BCUT2D eigenvalue weighted by molar-refractivity contribution is 5.50. The second-order valence-corrected chi connectivity index (χ2v) is 6.64. The first-order valence-corrected chi connectivity index (χ1v) is 8.75. The Morgan fingerprint density at radius 2 is 2.09 bits per heavy atom. The molecule has 1 N–H and O–H groups in total. The molecular weight excluding hydrogens is 286 g/mol. The number of piperidine rings is 1. The lowest BCUT2D eigenvalue weighted by molar-refractivity contribution is 0.182. The van der Waals surface area contributed by atoms with Gasteiger partial charge in [-0.1, -0.05) is 19.1 Å². The van der Waals surface area contributed by atoms with Crippen LogP contribution in [0.1, 0.15) is 31.3 Å². The molecule has 1 fully saturated rings. The summed E-state index contributed by atoms with van der Waals surface area (Å²) in [6.45, 7) is 6.18. The molecule has 0 bridgehead atoms. The van der Waals surface area contributed by atoms with E-state index in [9.17, 15) is 0 Å². The van der Waals surface area contributed by atoms with Gasteiger partial charge in [0.05, 0.1) is 5.69 Å². The minimum atomic E-state index is 0.708. The van der Waals surface area contributed by atoms with Crippen LogP contribution in [0.2, 0.25) is 0 Å². The lowest BCUT2D eigenvalue weighted by Crippen LogP contribution is -2.41. The maximum absolute atomic E-state index is 4.81. The number of likely N-dealkylation sites (tertiary alicyclic amines) is 1. The van der Waals surface area contributed by atoms with Crippen LogP contribution in [0, 0.1) is 0 Å². The maximum atomic E-state index is 4.81. The normalized spacial score (nSPS) is 19.0. The van der Waals surface area contributed by atoms with Crippen molar-refractivity contribution in [1.29, 1.82) is 0 Å². The molecule has 0 aromatic carbocycles. The first kappa shape index (κ1) is 16.3. The average Bonchev–Trinajstić information content (AvgIpc) is 2.86. The van der Waals surface area contributed by atoms with Gasteiger partial charge in [0.2, 0.25) is 0 Å². The van der Waals surface area contributed by atoms with Gasteiger partial charge in [0, 0.05) is 38.3 Å². The minimum Gasteiger partial charge on any atom is -0.358 e. The standard InChI is InChI=1S/C18H29N5/c1-4-19-13-15-14-23-17(20-15)7-5-6-8-18(23)22-11-9-16(10-12-22)21(2)3/h5-6,8,14,16,19H,4,7,9-13H2,1-3H3. The van der Waals surface area contributed by atoms with Crippen LogP contribution in [0.3, 0.4) is 0 Å². The van der Waals surface area contributed by atoms with Gasteiger partial charge in [-0.15, -0.1) is 0 Å². The van der Waals surface area contributed by atoms with Crippen LogP contribution in [-0.2, 0) is 13.0 Å². The average molecular weight is 315 g/mol. The van der Waals surface area contributed by atoms with Gasteiger partial charge in [0.25, 0.3) is 0 Å². The molecule has 5 nitrogen and oxygen atoms in total. The van der Waals surface area contributed by atoms with Gasteiger partial charge in [-0.3, -0.25) is 4.57 Å². The molecule has 2 aliphatic heterocycles. The fourth-order valence-corrected chi connectivity index (χ4v) is 3.43. The van der Waals surface area contributed by atoms with Crippen molar-refractivity contribution in [2.45, 2.75) is 38.8 Å². The molecule has 3 heterocycles. The number of fused-ring (bicyclic) bond motifs is 1. The van der Waals surface area contributed by atoms with E-state index in [1.54, 1.807) is 0 Å². The Bertz CT molecular complexity index is 576. The first-order valence-electron chi connectivity index (χ1n) is 8.75. The molecular formula is C18H29N5. The summed E-state index contributed by atoms with van der Waals surface area (Å²) >= 11 is 0. The van der Waals surface area contributed by atoms with Gasteiger partial charge in [-0.2, -0.15) is 0 Å². The van der Waals surface area contributed by atoms with E-state index in [1.807, 2.05) is 0 Å². The zero-order valence-electron chi connectivity index (χ0n) is 14.6. The van der Waals surface area contributed by atoms with E-state index in [2.05, 4.69) is 65.1 Å². The second kappa shape index (κ2) is 7.32. The molecule has 0 atom stereocenters. The monoisotopic (exact) mass is 315 g/mol. The summed E-state index contributed by atoms with van der Waals surface area (Å²) in [7, 11) is 4.38. The van der Waals surface area contributed by atoms with Crippen LogP contribution >= 0.6 is 0 Å². The number of aromatic nitrogens is 2. The number of rotatable bonds is 5. The zero-order valence-corrected chi connectivity index (χ0v) is 14.6. The van der Waals surface area contributed by atoms with Crippen molar-refractivity contribution in [2.24, 2.45) is 0 Å². The summed E-state index contributed by atoms with van der Waals surface area (Å²) in [5.74, 6) is 2.42. The van der Waals surface area contributed by atoms with Crippen molar-refractivity contribution in [3.05, 3.63) is 35.9 Å². The van der Waals surface area contributed by atoms with Gasteiger partial charge in [0.1, 0.15) is 11.6 Å². The van der Waals surface area contributed by atoms with E-state index in [1.165, 1.54) is 18.7 Å². The zero-order chi connectivity index (χ0) is 16.2. The SMILES string of the molecule is CCNCc1cn2c(n1)CC=CC=C2N1CCC(N(C)C)CC1. The molecule has 0 radical (unpaired) electrons. The third-order valence-electron chi connectivity index (χ3n) is 4.83. The van der Waals surface area contributed by atoms with Gasteiger partial charge >= 0.3 is 0 Å². The van der Waals surface area contributed by atoms with Crippen molar-refractivity contribution in [2.75, 3.05) is 33.7 Å². The number of allylic oxidation sites excluding steroid dienone is 3. The first-order chi connectivity index (χ1) is 11.2. The van der Waals surface area contributed by atoms with Crippen LogP contribution in [0.15, 0.2) is 24.4 Å². The van der Waals surface area contributed by atoms with Crippen molar-refractivity contribution < 1.29 is 0 Å². The number of imidazole rings is 1. The Kier molecular flexibility index (Phi) is 5.18. The lowest BCUT2D eigenvalue weighted by atomic mass is 10.0. The molecule has 0 spiro atoms. The summed E-state index contributed by atoms with van der Waals surface area (Å²) < 4.78 is 2.29. The van der Waals surface area contributed by atoms with Crippen molar-refractivity contribution in [3.8, 4) is 0 Å². The van der Waals surface area contributed by atoms with Gasteiger partial charge < -0.3 is 15.1 Å². The van der Waals surface area contributed by atoms with Crippen LogP contribution in [0.4, 0.5) is 0 Å². The smallest absolute Gasteiger partial charge is 0.118 e. The lowest BCUT2D eigenvalue weighted by Gasteiger charge is -2.37. The van der Waals surface area contributed by atoms with E-state index >= 15 is 0 Å². The molecule has 23 heavy (non-hydrogen) atoms. The fourth-order valence-electron chi connectivity index (χ4n) is 3.43. The van der Waals surface area contributed by atoms with Gasteiger partial charge in [-0.25, -0.2) is 4.98 Å². The Balaban J connectivity index is 1.77.